The maximum atomic E-state index is 11.8. The molecule has 0 radical (unpaired) electrons. The van der Waals surface area contributed by atoms with Gasteiger partial charge in [-0.3, -0.25) is 5.32 Å². The van der Waals surface area contributed by atoms with E-state index >= 15 is 0 Å². The van der Waals surface area contributed by atoms with Crippen LogP contribution < -0.4 is 15.4 Å². The first-order chi connectivity index (χ1) is 11.3. The van der Waals surface area contributed by atoms with E-state index in [1.54, 1.807) is 24.5 Å². The molecule has 2 aromatic heterocycles. The van der Waals surface area contributed by atoms with Crippen molar-refractivity contribution in [3.05, 3.63) is 48.3 Å². The molecule has 0 unspecified atom stereocenters. The quantitative estimate of drug-likeness (QED) is 0.889. The summed E-state index contributed by atoms with van der Waals surface area (Å²) >= 11 is 0. The SMILES string of the molecule is O=C(NCc1ccc(OC2CCCC2)nc1)Nc1ccccn1. The van der Waals surface area contributed by atoms with Crippen LogP contribution in [0.15, 0.2) is 42.7 Å². The van der Waals surface area contributed by atoms with Crippen molar-refractivity contribution in [2.24, 2.45) is 0 Å². The molecular formula is C17H20N4O2. The van der Waals surface area contributed by atoms with Crippen LogP contribution in [0.5, 0.6) is 5.88 Å². The number of nitrogens with zero attached hydrogens (tertiary/aromatic N) is 2. The van der Waals surface area contributed by atoms with Gasteiger partial charge in [-0.25, -0.2) is 14.8 Å². The third kappa shape index (κ3) is 4.67. The molecule has 0 spiro atoms. The van der Waals surface area contributed by atoms with Gasteiger partial charge in [0.25, 0.3) is 0 Å². The largest absolute Gasteiger partial charge is 0.474 e. The van der Waals surface area contributed by atoms with Crippen LogP contribution >= 0.6 is 0 Å². The zero-order valence-corrected chi connectivity index (χ0v) is 12.9. The number of hydrogen-bond acceptors (Lipinski definition) is 4. The molecule has 0 saturated heterocycles. The number of amides is 2. The van der Waals surface area contributed by atoms with Crippen LogP contribution in [-0.4, -0.2) is 22.1 Å². The number of nitrogens with one attached hydrogen (secondary N) is 2. The molecule has 2 aromatic rings. The van der Waals surface area contributed by atoms with Gasteiger partial charge < -0.3 is 10.1 Å². The van der Waals surface area contributed by atoms with Crippen molar-refractivity contribution in [1.82, 2.24) is 15.3 Å². The second-order valence-electron chi connectivity index (χ2n) is 5.55. The minimum atomic E-state index is -0.296. The molecule has 2 heterocycles. The van der Waals surface area contributed by atoms with Gasteiger partial charge in [-0.1, -0.05) is 12.1 Å². The summed E-state index contributed by atoms with van der Waals surface area (Å²) in [6, 6.07) is 8.81. The molecule has 0 aromatic carbocycles. The number of ether oxygens (including phenoxy) is 1. The number of aromatic nitrogens is 2. The van der Waals surface area contributed by atoms with Gasteiger partial charge in [0.1, 0.15) is 11.9 Å². The summed E-state index contributed by atoms with van der Waals surface area (Å²) in [5.74, 6) is 1.17. The summed E-state index contributed by atoms with van der Waals surface area (Å²) in [6.07, 6.45) is 8.34. The summed E-state index contributed by atoms with van der Waals surface area (Å²) in [6.45, 7) is 0.398. The van der Waals surface area contributed by atoms with Crippen molar-refractivity contribution < 1.29 is 9.53 Å². The molecule has 1 saturated carbocycles. The molecule has 2 N–H and O–H groups in total. The highest BCUT2D eigenvalue weighted by atomic mass is 16.5. The maximum Gasteiger partial charge on any atom is 0.320 e. The van der Waals surface area contributed by atoms with E-state index in [1.807, 2.05) is 18.2 Å². The number of carbonyl (C=O) groups excluding carboxylic acids is 1. The van der Waals surface area contributed by atoms with Crippen molar-refractivity contribution in [2.45, 2.75) is 38.3 Å². The third-order valence-electron chi connectivity index (χ3n) is 3.75. The number of anilines is 1. The van der Waals surface area contributed by atoms with E-state index < -0.39 is 0 Å². The predicted octanol–water partition coefficient (Wildman–Crippen LogP) is 3.12. The molecule has 1 aliphatic rings. The fourth-order valence-electron chi connectivity index (χ4n) is 2.54. The molecule has 3 rings (SSSR count). The molecular weight excluding hydrogens is 292 g/mol. The number of pyridine rings is 2. The topological polar surface area (TPSA) is 76.1 Å². The lowest BCUT2D eigenvalue weighted by molar-refractivity contribution is 0.201. The monoisotopic (exact) mass is 312 g/mol. The highest BCUT2D eigenvalue weighted by molar-refractivity contribution is 5.88. The number of hydrogen-bond donors (Lipinski definition) is 2. The van der Waals surface area contributed by atoms with Crippen LogP contribution in [0.25, 0.3) is 0 Å². The van der Waals surface area contributed by atoms with Crippen LogP contribution in [0.3, 0.4) is 0 Å². The fourth-order valence-corrected chi connectivity index (χ4v) is 2.54. The van der Waals surface area contributed by atoms with Gasteiger partial charge in [0.2, 0.25) is 5.88 Å². The second kappa shape index (κ2) is 7.58. The van der Waals surface area contributed by atoms with Gasteiger partial charge in [0.15, 0.2) is 0 Å². The first-order valence-electron chi connectivity index (χ1n) is 7.87. The highest BCUT2D eigenvalue weighted by Crippen LogP contribution is 2.22. The number of rotatable bonds is 5. The summed E-state index contributed by atoms with van der Waals surface area (Å²) in [5, 5.41) is 5.43. The Morgan fingerprint density at radius 2 is 2.04 bits per heavy atom. The fraction of sp³-hybridized carbons (Fsp3) is 0.353. The van der Waals surface area contributed by atoms with Crippen molar-refractivity contribution >= 4 is 11.8 Å². The lowest BCUT2D eigenvalue weighted by atomic mass is 10.3. The number of urea groups is 1. The van der Waals surface area contributed by atoms with E-state index in [2.05, 4.69) is 20.6 Å². The first kappa shape index (κ1) is 15.3. The molecule has 23 heavy (non-hydrogen) atoms. The van der Waals surface area contributed by atoms with Gasteiger partial charge in [0, 0.05) is 25.0 Å². The lowest BCUT2D eigenvalue weighted by Crippen LogP contribution is -2.28. The average molecular weight is 312 g/mol. The first-order valence-corrected chi connectivity index (χ1v) is 7.87. The molecule has 1 fully saturated rings. The molecule has 120 valence electrons. The number of carbonyl (C=O) groups is 1. The van der Waals surface area contributed by atoms with Gasteiger partial charge >= 0.3 is 6.03 Å². The molecule has 6 nitrogen and oxygen atoms in total. The molecule has 0 atom stereocenters. The Labute approximate surface area is 135 Å². The van der Waals surface area contributed by atoms with Gasteiger partial charge in [-0.2, -0.15) is 0 Å². The van der Waals surface area contributed by atoms with Crippen LogP contribution in [0.1, 0.15) is 31.2 Å². The van der Waals surface area contributed by atoms with E-state index in [0.29, 0.717) is 24.3 Å². The zero-order chi connectivity index (χ0) is 15.9. The van der Waals surface area contributed by atoms with Crippen molar-refractivity contribution in [2.75, 3.05) is 5.32 Å². The van der Waals surface area contributed by atoms with Crippen LogP contribution in [-0.2, 0) is 6.54 Å². The van der Waals surface area contributed by atoms with Gasteiger partial charge in [-0.05, 0) is 43.4 Å². The Morgan fingerprint density at radius 1 is 1.17 bits per heavy atom. The van der Waals surface area contributed by atoms with Crippen molar-refractivity contribution in [1.29, 1.82) is 0 Å². The Bertz CT molecular complexity index is 625. The minimum absolute atomic E-state index is 0.296. The van der Waals surface area contributed by atoms with E-state index in [4.69, 9.17) is 4.74 Å². The molecule has 0 bridgehead atoms. The Morgan fingerprint density at radius 3 is 2.74 bits per heavy atom. The van der Waals surface area contributed by atoms with Crippen LogP contribution in [0, 0.1) is 0 Å². The van der Waals surface area contributed by atoms with E-state index in [9.17, 15) is 4.79 Å². The molecule has 1 aliphatic carbocycles. The summed E-state index contributed by atoms with van der Waals surface area (Å²) in [7, 11) is 0. The second-order valence-corrected chi connectivity index (χ2v) is 5.55. The summed E-state index contributed by atoms with van der Waals surface area (Å²) in [4.78, 5) is 20.1. The van der Waals surface area contributed by atoms with E-state index in [-0.39, 0.29) is 6.03 Å². The average Bonchev–Trinajstić information content (AvgIpc) is 3.08. The summed E-state index contributed by atoms with van der Waals surface area (Å²) < 4.78 is 5.82. The standard InChI is InChI=1S/C17H20N4O2/c22-17(21-15-7-3-4-10-18-15)20-12-13-8-9-16(19-11-13)23-14-5-1-2-6-14/h3-4,7-11,14H,1-2,5-6,12H2,(H2,18,20,21,22). The van der Waals surface area contributed by atoms with E-state index in [1.165, 1.54) is 12.8 Å². The highest BCUT2D eigenvalue weighted by Gasteiger charge is 2.16. The van der Waals surface area contributed by atoms with Crippen LogP contribution in [0.4, 0.5) is 10.6 Å². The minimum Gasteiger partial charge on any atom is -0.474 e. The smallest absolute Gasteiger partial charge is 0.320 e. The van der Waals surface area contributed by atoms with Crippen molar-refractivity contribution in [3.63, 3.8) is 0 Å². The molecule has 2 amide bonds. The Hall–Kier alpha value is -2.63. The normalized spacial score (nSPS) is 14.4. The molecule has 6 heteroatoms. The Kier molecular flexibility index (Phi) is 5.03. The third-order valence-corrected chi connectivity index (χ3v) is 3.75. The van der Waals surface area contributed by atoms with Gasteiger partial charge in [-0.15, -0.1) is 0 Å². The maximum absolute atomic E-state index is 11.8. The summed E-state index contributed by atoms with van der Waals surface area (Å²) in [5.41, 5.74) is 0.917. The van der Waals surface area contributed by atoms with Crippen molar-refractivity contribution in [3.8, 4) is 5.88 Å². The molecule has 0 aliphatic heterocycles. The van der Waals surface area contributed by atoms with E-state index in [0.717, 1.165) is 18.4 Å². The van der Waals surface area contributed by atoms with Crippen LogP contribution in [0.2, 0.25) is 0 Å². The van der Waals surface area contributed by atoms with Gasteiger partial charge in [0.05, 0.1) is 0 Å². The Balaban J connectivity index is 1.45. The lowest BCUT2D eigenvalue weighted by Gasteiger charge is -2.12. The predicted molar refractivity (Wildman–Crippen MR) is 87.2 cm³/mol. The zero-order valence-electron chi connectivity index (χ0n) is 12.9.